The van der Waals surface area contributed by atoms with Gasteiger partial charge in [-0.05, 0) is 53.6 Å². The summed E-state index contributed by atoms with van der Waals surface area (Å²) in [5.41, 5.74) is -3.40. The molecule has 1 amide bonds. The average Bonchev–Trinajstić information content (AvgIpc) is 3.12. The maximum absolute atomic E-state index is 12.3. The summed E-state index contributed by atoms with van der Waals surface area (Å²) in [5.74, 6) is 0.300. The van der Waals surface area contributed by atoms with Gasteiger partial charge in [-0.3, -0.25) is 4.79 Å². The van der Waals surface area contributed by atoms with Gasteiger partial charge in [-0.1, -0.05) is 0 Å². The monoisotopic (exact) mass is 397 g/mol. The molecule has 134 valence electrons. The lowest BCUT2D eigenvalue weighted by Gasteiger charge is -2.08. The summed E-state index contributed by atoms with van der Waals surface area (Å²) in [7, 11) is 0. The second-order valence-corrected chi connectivity index (χ2v) is 6.67. The smallest absolute Gasteiger partial charge is 0.439 e. The van der Waals surface area contributed by atoms with Crippen LogP contribution in [0.15, 0.2) is 59.1 Å². The number of nitrogens with zero attached hydrogens (tertiary/aromatic N) is 2. The van der Waals surface area contributed by atoms with Crippen molar-refractivity contribution < 1.29 is 22.7 Å². The molecule has 10 heteroatoms. The molecule has 2 heterocycles. The molecule has 0 fully saturated rings. The molecule has 5 nitrogen and oxygen atoms in total. The molecule has 0 atom stereocenters. The first-order valence-electron chi connectivity index (χ1n) is 7.09. The van der Waals surface area contributed by atoms with Crippen LogP contribution in [0.4, 0.5) is 18.9 Å². The number of benzene rings is 1. The lowest BCUT2D eigenvalue weighted by molar-refractivity contribution is -0.0328. The van der Waals surface area contributed by atoms with Crippen molar-refractivity contribution in [2.75, 3.05) is 5.32 Å². The first kappa shape index (κ1) is 18.2. The Bertz CT molecular complexity index is 867. The minimum atomic E-state index is -4.33. The fourth-order valence-electron chi connectivity index (χ4n) is 1.86. The number of hydrogen-bond donors (Lipinski definition) is 1. The van der Waals surface area contributed by atoms with E-state index in [1.165, 1.54) is 48.2 Å². The molecule has 3 aromatic rings. The summed E-state index contributed by atoms with van der Waals surface area (Å²) in [6, 6.07) is 8.63. The van der Waals surface area contributed by atoms with Gasteiger partial charge in [0.15, 0.2) is 0 Å². The average molecular weight is 397 g/mol. The zero-order valence-corrected chi connectivity index (χ0v) is 14.5. The second kappa shape index (κ2) is 7.75. The van der Waals surface area contributed by atoms with Crippen molar-refractivity contribution in [3.05, 3.63) is 59.7 Å². The van der Waals surface area contributed by atoms with Gasteiger partial charge in [0, 0.05) is 16.3 Å². The van der Waals surface area contributed by atoms with Crippen LogP contribution >= 0.6 is 23.3 Å². The van der Waals surface area contributed by atoms with Gasteiger partial charge in [0.05, 0.1) is 23.6 Å². The Labute approximate surface area is 154 Å². The van der Waals surface area contributed by atoms with Crippen molar-refractivity contribution in [2.24, 2.45) is 0 Å². The van der Waals surface area contributed by atoms with E-state index in [-0.39, 0.29) is 28.4 Å². The van der Waals surface area contributed by atoms with E-state index in [0.29, 0.717) is 17.0 Å². The molecule has 0 spiro atoms. The SMILES string of the molecule is O=C(Nc1ccc(Oc2ccc(SC(F)(F)F)cc2)nc1)c1cnsc1. The van der Waals surface area contributed by atoms with Gasteiger partial charge in [0.2, 0.25) is 5.88 Å². The lowest BCUT2D eigenvalue weighted by atomic mass is 10.3. The van der Waals surface area contributed by atoms with Gasteiger partial charge in [0.25, 0.3) is 5.91 Å². The molecule has 0 aliphatic heterocycles. The first-order valence-corrected chi connectivity index (χ1v) is 8.75. The molecular weight excluding hydrogens is 387 g/mol. The van der Waals surface area contributed by atoms with Crippen molar-refractivity contribution in [2.45, 2.75) is 10.4 Å². The number of aromatic nitrogens is 2. The van der Waals surface area contributed by atoms with E-state index in [4.69, 9.17) is 4.74 Å². The number of hydrogen-bond acceptors (Lipinski definition) is 6. The van der Waals surface area contributed by atoms with Crippen molar-refractivity contribution in [1.29, 1.82) is 0 Å². The summed E-state index contributed by atoms with van der Waals surface area (Å²) >= 11 is 0.983. The van der Waals surface area contributed by atoms with Crippen LogP contribution in [0, 0.1) is 0 Å². The Kier molecular flexibility index (Phi) is 5.43. The number of rotatable bonds is 5. The summed E-state index contributed by atoms with van der Waals surface area (Å²) in [6.45, 7) is 0. The molecule has 0 bridgehead atoms. The Hall–Kier alpha value is -2.59. The second-order valence-electron chi connectivity index (χ2n) is 4.87. The maximum atomic E-state index is 12.3. The predicted molar refractivity (Wildman–Crippen MR) is 92.7 cm³/mol. The number of amides is 1. The number of halogens is 3. The Morgan fingerprint density at radius 2 is 1.88 bits per heavy atom. The molecule has 0 radical (unpaired) electrons. The van der Waals surface area contributed by atoms with Gasteiger partial charge in [-0.15, -0.1) is 0 Å². The van der Waals surface area contributed by atoms with Crippen LogP contribution < -0.4 is 10.1 Å². The largest absolute Gasteiger partial charge is 0.446 e. The molecule has 3 rings (SSSR count). The number of carbonyl (C=O) groups excluding carboxylic acids is 1. The summed E-state index contributed by atoms with van der Waals surface area (Å²) in [6.07, 6.45) is 2.88. The van der Waals surface area contributed by atoms with Gasteiger partial charge in [-0.2, -0.15) is 13.2 Å². The van der Waals surface area contributed by atoms with Gasteiger partial charge < -0.3 is 10.1 Å². The van der Waals surface area contributed by atoms with Crippen LogP contribution in [-0.4, -0.2) is 20.8 Å². The Balaban J connectivity index is 1.59. The van der Waals surface area contributed by atoms with Crippen molar-refractivity contribution in [1.82, 2.24) is 9.36 Å². The summed E-state index contributed by atoms with van der Waals surface area (Å²) < 4.78 is 46.2. The highest BCUT2D eigenvalue weighted by atomic mass is 32.2. The van der Waals surface area contributed by atoms with Crippen LogP contribution in [0.3, 0.4) is 0 Å². The van der Waals surface area contributed by atoms with E-state index in [0.717, 1.165) is 0 Å². The normalized spacial score (nSPS) is 11.2. The van der Waals surface area contributed by atoms with Crippen LogP contribution in [0.25, 0.3) is 0 Å². The van der Waals surface area contributed by atoms with Crippen molar-refractivity contribution >= 4 is 34.9 Å². The number of ether oxygens (including phenoxy) is 1. The number of nitrogens with one attached hydrogen (secondary N) is 1. The highest BCUT2D eigenvalue weighted by Crippen LogP contribution is 2.37. The fourth-order valence-corrected chi connectivity index (χ4v) is 2.92. The van der Waals surface area contributed by atoms with E-state index < -0.39 is 5.51 Å². The molecule has 1 aromatic carbocycles. The fraction of sp³-hybridized carbons (Fsp3) is 0.0625. The molecule has 0 aliphatic rings. The molecule has 0 saturated heterocycles. The topological polar surface area (TPSA) is 64.1 Å². The van der Waals surface area contributed by atoms with E-state index in [2.05, 4.69) is 14.7 Å². The van der Waals surface area contributed by atoms with Crippen LogP contribution in [0.5, 0.6) is 11.6 Å². The van der Waals surface area contributed by atoms with Gasteiger partial charge in [-0.25, -0.2) is 9.36 Å². The van der Waals surface area contributed by atoms with Crippen molar-refractivity contribution in [3.63, 3.8) is 0 Å². The maximum Gasteiger partial charge on any atom is 0.446 e. The number of pyridine rings is 1. The third kappa shape index (κ3) is 5.20. The van der Waals surface area contributed by atoms with Crippen LogP contribution in [0.1, 0.15) is 10.4 Å². The molecule has 1 N–H and O–H groups in total. The van der Waals surface area contributed by atoms with Gasteiger partial charge >= 0.3 is 5.51 Å². The summed E-state index contributed by atoms with van der Waals surface area (Å²) in [4.78, 5) is 16.0. The lowest BCUT2D eigenvalue weighted by Crippen LogP contribution is -2.10. The van der Waals surface area contributed by atoms with Gasteiger partial charge in [0.1, 0.15) is 5.75 Å². The molecule has 0 saturated carbocycles. The standard InChI is InChI=1S/C16H10F3N3O2S2/c17-16(18,19)26-13-4-2-12(3-5-13)24-14-6-1-11(8-20-14)22-15(23)10-7-21-25-9-10/h1-9H,(H,22,23). The van der Waals surface area contributed by atoms with Crippen LogP contribution in [-0.2, 0) is 0 Å². The molecule has 2 aromatic heterocycles. The number of alkyl halides is 3. The van der Waals surface area contributed by atoms with E-state index in [1.807, 2.05) is 0 Å². The Morgan fingerprint density at radius 3 is 2.46 bits per heavy atom. The number of thioether (sulfide) groups is 1. The van der Waals surface area contributed by atoms with E-state index in [9.17, 15) is 18.0 Å². The molecular formula is C16H10F3N3O2S2. The zero-order chi connectivity index (χ0) is 18.6. The minimum Gasteiger partial charge on any atom is -0.439 e. The molecule has 26 heavy (non-hydrogen) atoms. The third-order valence-electron chi connectivity index (χ3n) is 2.97. The minimum absolute atomic E-state index is 0.0683. The number of carbonyl (C=O) groups is 1. The molecule has 0 aliphatic carbocycles. The van der Waals surface area contributed by atoms with E-state index >= 15 is 0 Å². The first-order chi connectivity index (χ1) is 12.4. The highest BCUT2D eigenvalue weighted by Gasteiger charge is 2.29. The highest BCUT2D eigenvalue weighted by molar-refractivity contribution is 8.00. The summed E-state index contributed by atoms with van der Waals surface area (Å²) in [5, 5.41) is 4.29. The van der Waals surface area contributed by atoms with Crippen molar-refractivity contribution in [3.8, 4) is 11.6 Å². The van der Waals surface area contributed by atoms with Crippen LogP contribution in [0.2, 0.25) is 0 Å². The quantitative estimate of drug-likeness (QED) is 0.600. The third-order valence-corrected chi connectivity index (χ3v) is 4.29. The Morgan fingerprint density at radius 1 is 1.12 bits per heavy atom. The zero-order valence-electron chi connectivity index (χ0n) is 12.9. The molecule has 0 unspecified atom stereocenters. The predicted octanol–water partition coefficient (Wildman–Crippen LogP) is 5.19. The van der Waals surface area contributed by atoms with E-state index in [1.54, 1.807) is 17.5 Å². The number of anilines is 1.